The number of hydrogen-bond acceptors (Lipinski definition) is 6. The lowest BCUT2D eigenvalue weighted by Gasteiger charge is -2.56. The van der Waals surface area contributed by atoms with Crippen LogP contribution in [-0.2, 0) is 0 Å². The molecule has 148 valence electrons. The van der Waals surface area contributed by atoms with Crippen molar-refractivity contribution in [2.24, 2.45) is 17.8 Å². The molecule has 0 atom stereocenters. The van der Waals surface area contributed by atoms with Gasteiger partial charge in [-0.15, -0.1) is 0 Å². The minimum absolute atomic E-state index is 0.227. The van der Waals surface area contributed by atoms with E-state index in [9.17, 15) is 0 Å². The summed E-state index contributed by atoms with van der Waals surface area (Å²) >= 11 is 0. The van der Waals surface area contributed by atoms with Crippen molar-refractivity contribution in [3.8, 4) is 0 Å². The van der Waals surface area contributed by atoms with Crippen molar-refractivity contribution in [2.75, 3.05) is 28.6 Å². The molecule has 6 nitrogen and oxygen atoms in total. The zero-order chi connectivity index (χ0) is 18.4. The maximum atomic E-state index is 4.89. The van der Waals surface area contributed by atoms with Crippen LogP contribution in [0.4, 0.5) is 17.8 Å². The summed E-state index contributed by atoms with van der Waals surface area (Å²) in [7, 11) is 0. The molecule has 0 unspecified atom stereocenters. The summed E-state index contributed by atoms with van der Waals surface area (Å²) in [5.41, 5.74) is 0.227. The highest BCUT2D eigenvalue weighted by atomic mass is 15.3. The number of aromatic nitrogens is 3. The molecule has 5 fully saturated rings. The summed E-state index contributed by atoms with van der Waals surface area (Å²) in [6, 6.07) is 0.314. The first kappa shape index (κ1) is 17.5. The molecule has 0 amide bonds. The van der Waals surface area contributed by atoms with E-state index in [-0.39, 0.29) is 5.54 Å². The Hall–Kier alpha value is -1.59. The van der Waals surface area contributed by atoms with Crippen LogP contribution in [-0.4, -0.2) is 39.6 Å². The van der Waals surface area contributed by atoms with Crippen LogP contribution in [0.15, 0.2) is 0 Å². The first-order valence-electron chi connectivity index (χ1n) is 11.1. The second kappa shape index (κ2) is 6.78. The predicted molar refractivity (Wildman–Crippen MR) is 109 cm³/mol. The standard InChI is InChI=1S/C21H34N6/c1-14(2)22-18-23-19(25-20(24-18)27-6-4-3-5-7-27)26-21-11-15-8-16(12-21)10-17(9-15)13-21/h14-17H,3-13H2,1-2H3,(H2,22,23,24,25,26). The van der Waals surface area contributed by atoms with Crippen molar-refractivity contribution in [1.82, 2.24) is 15.0 Å². The van der Waals surface area contributed by atoms with E-state index in [2.05, 4.69) is 29.4 Å². The fourth-order valence-electron chi connectivity index (χ4n) is 6.48. The highest BCUT2D eigenvalue weighted by molar-refractivity contribution is 5.46. The molecular weight excluding hydrogens is 336 g/mol. The maximum Gasteiger partial charge on any atom is 0.231 e. The van der Waals surface area contributed by atoms with E-state index in [0.717, 1.165) is 42.7 Å². The first-order chi connectivity index (χ1) is 13.1. The van der Waals surface area contributed by atoms with E-state index in [1.54, 1.807) is 0 Å². The molecule has 0 spiro atoms. The summed E-state index contributed by atoms with van der Waals surface area (Å²) in [5.74, 6) is 5.10. The van der Waals surface area contributed by atoms with Gasteiger partial charge in [-0.25, -0.2) is 0 Å². The minimum Gasteiger partial charge on any atom is -0.352 e. The van der Waals surface area contributed by atoms with E-state index < -0.39 is 0 Å². The zero-order valence-electron chi connectivity index (χ0n) is 16.9. The smallest absolute Gasteiger partial charge is 0.231 e. The molecule has 0 aromatic carbocycles. The Labute approximate surface area is 162 Å². The number of piperidine rings is 1. The SMILES string of the molecule is CC(C)Nc1nc(NC23CC4CC(CC(C4)C2)C3)nc(N2CCCCC2)n1. The van der Waals surface area contributed by atoms with Crippen molar-refractivity contribution in [1.29, 1.82) is 0 Å². The van der Waals surface area contributed by atoms with Crippen LogP contribution in [0, 0.1) is 17.8 Å². The Bertz CT molecular complexity index is 646. The van der Waals surface area contributed by atoms with Crippen molar-refractivity contribution >= 4 is 17.8 Å². The van der Waals surface area contributed by atoms with Crippen molar-refractivity contribution in [3.63, 3.8) is 0 Å². The summed E-state index contributed by atoms with van der Waals surface area (Å²) < 4.78 is 0. The van der Waals surface area contributed by atoms with Gasteiger partial charge in [0, 0.05) is 24.7 Å². The van der Waals surface area contributed by atoms with Gasteiger partial charge in [0.1, 0.15) is 0 Å². The highest BCUT2D eigenvalue weighted by Crippen LogP contribution is 2.56. The van der Waals surface area contributed by atoms with Crippen LogP contribution in [0.25, 0.3) is 0 Å². The van der Waals surface area contributed by atoms with Crippen LogP contribution >= 0.6 is 0 Å². The molecule has 6 rings (SSSR count). The molecule has 4 bridgehead atoms. The number of hydrogen-bond donors (Lipinski definition) is 2. The predicted octanol–water partition coefficient (Wildman–Crippen LogP) is 4.06. The Morgan fingerprint density at radius 2 is 1.44 bits per heavy atom. The van der Waals surface area contributed by atoms with Gasteiger partial charge in [-0.3, -0.25) is 0 Å². The summed E-state index contributed by atoms with van der Waals surface area (Å²) in [4.78, 5) is 16.7. The topological polar surface area (TPSA) is 66.0 Å². The molecule has 0 radical (unpaired) electrons. The van der Waals surface area contributed by atoms with Crippen molar-refractivity contribution in [3.05, 3.63) is 0 Å². The number of nitrogens with zero attached hydrogens (tertiary/aromatic N) is 4. The van der Waals surface area contributed by atoms with E-state index in [1.165, 1.54) is 57.8 Å². The molecule has 2 N–H and O–H groups in total. The lowest BCUT2D eigenvalue weighted by molar-refractivity contribution is 0.0103. The molecule has 1 aliphatic heterocycles. The largest absolute Gasteiger partial charge is 0.352 e. The van der Waals surface area contributed by atoms with Crippen LogP contribution in [0.5, 0.6) is 0 Å². The van der Waals surface area contributed by atoms with Gasteiger partial charge in [0.2, 0.25) is 17.8 Å². The first-order valence-corrected chi connectivity index (χ1v) is 11.1. The van der Waals surface area contributed by atoms with Gasteiger partial charge in [-0.2, -0.15) is 15.0 Å². The quantitative estimate of drug-likeness (QED) is 0.815. The molecule has 2 heterocycles. The zero-order valence-corrected chi connectivity index (χ0v) is 16.9. The molecule has 1 aromatic heterocycles. The lowest BCUT2D eigenvalue weighted by atomic mass is 9.53. The number of nitrogens with one attached hydrogen (secondary N) is 2. The van der Waals surface area contributed by atoms with Gasteiger partial charge in [-0.1, -0.05) is 0 Å². The molecule has 4 aliphatic carbocycles. The molecule has 4 saturated carbocycles. The third kappa shape index (κ3) is 3.59. The molecular formula is C21H34N6. The summed E-state index contributed by atoms with van der Waals surface area (Å²) in [6.07, 6.45) is 12.1. The van der Waals surface area contributed by atoms with Crippen molar-refractivity contribution < 1.29 is 0 Å². The van der Waals surface area contributed by atoms with Gasteiger partial charge >= 0.3 is 0 Å². The monoisotopic (exact) mass is 370 g/mol. The lowest BCUT2D eigenvalue weighted by Crippen LogP contribution is -2.55. The van der Waals surface area contributed by atoms with Crippen molar-refractivity contribution in [2.45, 2.75) is 83.2 Å². The van der Waals surface area contributed by atoms with Gasteiger partial charge in [0.05, 0.1) is 0 Å². The highest BCUT2D eigenvalue weighted by Gasteiger charge is 2.51. The van der Waals surface area contributed by atoms with E-state index in [0.29, 0.717) is 12.0 Å². The molecule has 1 saturated heterocycles. The normalized spacial score (nSPS) is 34.9. The summed E-state index contributed by atoms with van der Waals surface area (Å²) in [5, 5.41) is 7.25. The maximum absolute atomic E-state index is 4.89. The average molecular weight is 371 g/mol. The Kier molecular flexibility index (Phi) is 4.40. The van der Waals surface area contributed by atoms with E-state index in [4.69, 9.17) is 15.0 Å². The van der Waals surface area contributed by atoms with Crippen LogP contribution in [0.3, 0.4) is 0 Å². The van der Waals surface area contributed by atoms with Crippen LogP contribution in [0.1, 0.15) is 71.6 Å². The fraction of sp³-hybridized carbons (Fsp3) is 0.857. The average Bonchev–Trinajstić information content (AvgIpc) is 2.60. The van der Waals surface area contributed by atoms with Gasteiger partial charge in [0.25, 0.3) is 0 Å². The second-order valence-corrected chi connectivity index (χ2v) is 9.95. The summed E-state index contributed by atoms with van der Waals surface area (Å²) in [6.45, 7) is 6.39. The van der Waals surface area contributed by atoms with E-state index in [1.807, 2.05) is 0 Å². The molecule has 6 heteroatoms. The Balaban J connectivity index is 1.42. The second-order valence-electron chi connectivity index (χ2n) is 9.95. The van der Waals surface area contributed by atoms with Gasteiger partial charge in [-0.05, 0) is 89.4 Å². The fourth-order valence-corrected chi connectivity index (χ4v) is 6.48. The van der Waals surface area contributed by atoms with Gasteiger partial charge in [0.15, 0.2) is 0 Å². The Morgan fingerprint density at radius 1 is 0.852 bits per heavy atom. The number of rotatable bonds is 5. The molecule has 27 heavy (non-hydrogen) atoms. The minimum atomic E-state index is 0.227. The molecule has 1 aromatic rings. The Morgan fingerprint density at radius 3 is 2.04 bits per heavy atom. The van der Waals surface area contributed by atoms with E-state index >= 15 is 0 Å². The molecule has 5 aliphatic rings. The third-order valence-electron chi connectivity index (χ3n) is 7.10. The van der Waals surface area contributed by atoms with Gasteiger partial charge < -0.3 is 15.5 Å². The van der Waals surface area contributed by atoms with Crippen LogP contribution in [0.2, 0.25) is 0 Å². The van der Waals surface area contributed by atoms with Crippen LogP contribution < -0.4 is 15.5 Å². The third-order valence-corrected chi connectivity index (χ3v) is 7.10. The number of anilines is 3.